The average Bonchev–Trinajstić information content (AvgIpc) is 2.38. The van der Waals surface area contributed by atoms with E-state index in [-0.39, 0.29) is 41.1 Å². The first kappa shape index (κ1) is 18.9. The van der Waals surface area contributed by atoms with Gasteiger partial charge in [0.1, 0.15) is 11.5 Å². The predicted molar refractivity (Wildman–Crippen MR) is 80.2 cm³/mol. The van der Waals surface area contributed by atoms with Crippen molar-refractivity contribution in [3.8, 4) is 11.5 Å². The Morgan fingerprint density at radius 3 is 1.23 bits per heavy atom. The first-order valence-corrected chi connectivity index (χ1v) is 8.23. The molecule has 0 spiro atoms. The number of hydrogen-bond acceptors (Lipinski definition) is 7. The Morgan fingerprint density at radius 1 is 0.591 bits per heavy atom. The van der Waals surface area contributed by atoms with Gasteiger partial charge in [0.05, 0.1) is 0 Å². The van der Waals surface area contributed by atoms with Crippen LogP contribution in [0.2, 0.25) is 0 Å². The monoisotopic (exact) mass is 354 g/mol. The van der Waals surface area contributed by atoms with Gasteiger partial charge in [0.15, 0.2) is 0 Å². The van der Waals surface area contributed by atoms with E-state index in [1.165, 1.54) is 48.5 Å². The molecule has 0 aliphatic rings. The van der Waals surface area contributed by atoms with E-state index < -0.39 is 20.8 Å². The molecule has 0 amide bonds. The zero-order valence-electron chi connectivity index (χ0n) is 10.4. The maximum absolute atomic E-state index is 11.5. The average molecular weight is 354 g/mol. The molecule has 10 heteroatoms. The molecule has 0 unspecified atom stereocenters. The summed E-state index contributed by atoms with van der Waals surface area (Å²) in [6.45, 7) is 0. The van der Waals surface area contributed by atoms with Crippen LogP contribution in [0.4, 0.5) is 0 Å². The fourth-order valence-corrected chi connectivity index (χ4v) is 3.05. The molecule has 0 radical (unpaired) electrons. The Balaban J connectivity index is 0.00000242. The summed E-state index contributed by atoms with van der Waals surface area (Å²) in [5.74, 6) is -0.181. The van der Waals surface area contributed by atoms with Crippen LogP contribution in [0, 0.1) is 0 Å². The summed E-state index contributed by atoms with van der Waals surface area (Å²) >= 11 is 0. The molecule has 2 rings (SSSR count). The summed E-state index contributed by atoms with van der Waals surface area (Å²) < 4.78 is 58.9. The molecular formula is C12H11NaO7S2. The van der Waals surface area contributed by atoms with Crippen molar-refractivity contribution in [2.45, 2.75) is 0 Å². The number of rotatable bonds is 6. The van der Waals surface area contributed by atoms with Crippen molar-refractivity contribution in [1.29, 1.82) is 0 Å². The van der Waals surface area contributed by atoms with Crippen molar-refractivity contribution in [2.24, 2.45) is 0 Å². The molecule has 114 valence electrons. The van der Waals surface area contributed by atoms with Gasteiger partial charge < -0.3 is 8.37 Å². The van der Waals surface area contributed by atoms with Crippen molar-refractivity contribution < 1.29 is 28.8 Å². The van der Waals surface area contributed by atoms with Gasteiger partial charge in [-0.2, -0.15) is 16.8 Å². The summed E-state index contributed by atoms with van der Waals surface area (Å²) in [5, 5.41) is 0. The van der Waals surface area contributed by atoms with Crippen molar-refractivity contribution in [2.75, 3.05) is 0 Å². The van der Waals surface area contributed by atoms with Crippen LogP contribution in [0.1, 0.15) is 0 Å². The third-order valence-corrected chi connectivity index (χ3v) is 4.18. The molecule has 7 nitrogen and oxygen atoms in total. The molecule has 0 atom stereocenters. The van der Waals surface area contributed by atoms with E-state index in [1.807, 2.05) is 0 Å². The van der Waals surface area contributed by atoms with Crippen molar-refractivity contribution in [3.05, 3.63) is 60.7 Å². The van der Waals surface area contributed by atoms with Crippen LogP contribution in [0.15, 0.2) is 60.7 Å². The third-order valence-electron chi connectivity index (χ3n) is 2.05. The predicted octanol–water partition coefficient (Wildman–Crippen LogP) is 1.00. The minimum absolute atomic E-state index is 0. The quantitative estimate of drug-likeness (QED) is 0.714. The molecule has 2 aromatic carbocycles. The fraction of sp³-hybridized carbons (Fsp3) is 0. The fourth-order valence-electron chi connectivity index (χ4n) is 1.32. The summed E-state index contributed by atoms with van der Waals surface area (Å²) in [6, 6.07) is 14.6. The van der Waals surface area contributed by atoms with Gasteiger partial charge in [-0.3, -0.25) is 0 Å². The second kappa shape index (κ2) is 7.95. The number of hydrogen-bond donors (Lipinski definition) is 0. The molecule has 0 N–H and O–H groups in total. The Labute approximate surface area is 150 Å². The topological polar surface area (TPSA) is 96.0 Å². The molecule has 0 bridgehead atoms. The van der Waals surface area contributed by atoms with Gasteiger partial charge in [-0.1, -0.05) is 40.0 Å². The maximum atomic E-state index is 11.5. The molecule has 0 aromatic heterocycles. The van der Waals surface area contributed by atoms with Gasteiger partial charge in [-0.15, -0.1) is 0 Å². The van der Waals surface area contributed by atoms with Crippen molar-refractivity contribution >= 4 is 50.4 Å². The Kier molecular flexibility index (Phi) is 6.85. The van der Waals surface area contributed by atoms with Crippen LogP contribution in [-0.4, -0.2) is 46.4 Å². The first-order chi connectivity index (χ1) is 9.86. The van der Waals surface area contributed by atoms with Crippen LogP contribution < -0.4 is 8.37 Å². The van der Waals surface area contributed by atoms with Gasteiger partial charge in [-0.05, 0) is 24.3 Å². The van der Waals surface area contributed by atoms with Gasteiger partial charge in [0.25, 0.3) is 0 Å². The van der Waals surface area contributed by atoms with Gasteiger partial charge in [0, 0.05) is 0 Å². The van der Waals surface area contributed by atoms with E-state index >= 15 is 0 Å². The SMILES string of the molecule is O=S(=O)(Oc1ccccc1)OS(=O)(=O)Oc1ccccc1.[NaH]. The number of benzene rings is 2. The van der Waals surface area contributed by atoms with Crippen LogP contribution in [0.3, 0.4) is 0 Å². The third kappa shape index (κ3) is 6.34. The second-order valence-electron chi connectivity index (χ2n) is 3.68. The molecule has 22 heavy (non-hydrogen) atoms. The van der Waals surface area contributed by atoms with E-state index in [2.05, 4.69) is 12.0 Å². The Hall–Kier alpha value is -1.10. The van der Waals surface area contributed by atoms with Gasteiger partial charge in [0.2, 0.25) is 0 Å². The van der Waals surface area contributed by atoms with E-state index in [0.29, 0.717) is 0 Å². The van der Waals surface area contributed by atoms with E-state index in [1.54, 1.807) is 12.1 Å². The Morgan fingerprint density at radius 2 is 0.909 bits per heavy atom. The van der Waals surface area contributed by atoms with E-state index in [9.17, 15) is 16.8 Å². The molecule has 0 saturated carbocycles. The summed E-state index contributed by atoms with van der Waals surface area (Å²) in [6.07, 6.45) is 0. The Bertz CT molecular complexity index is 720. The zero-order valence-corrected chi connectivity index (χ0v) is 12.1. The second-order valence-corrected chi connectivity index (χ2v) is 6.19. The molecular weight excluding hydrogens is 343 g/mol. The molecule has 0 fully saturated rings. The van der Waals surface area contributed by atoms with Crippen molar-refractivity contribution in [3.63, 3.8) is 0 Å². The zero-order chi connectivity index (χ0) is 15.3. The van der Waals surface area contributed by atoms with E-state index in [0.717, 1.165) is 0 Å². The summed E-state index contributed by atoms with van der Waals surface area (Å²) in [7, 11) is -9.65. The molecule has 0 aliphatic carbocycles. The van der Waals surface area contributed by atoms with Gasteiger partial charge >= 0.3 is 50.4 Å². The number of para-hydroxylation sites is 2. The van der Waals surface area contributed by atoms with Crippen LogP contribution >= 0.6 is 0 Å². The molecule has 0 saturated heterocycles. The molecule has 2 aromatic rings. The standard InChI is InChI=1S/C12H10O7S2.Na.H/c13-20(14,17-11-7-3-1-4-8-11)19-21(15,16)18-12-9-5-2-6-10-12;;/h1-10H;;. The van der Waals surface area contributed by atoms with Crippen LogP contribution in [0.5, 0.6) is 11.5 Å². The summed E-state index contributed by atoms with van der Waals surface area (Å²) in [5.41, 5.74) is 0. The summed E-state index contributed by atoms with van der Waals surface area (Å²) in [4.78, 5) is 0. The normalized spacial score (nSPS) is 11.3. The minimum atomic E-state index is -4.83. The van der Waals surface area contributed by atoms with Crippen LogP contribution in [-0.2, 0) is 24.4 Å². The van der Waals surface area contributed by atoms with E-state index in [4.69, 9.17) is 0 Å². The van der Waals surface area contributed by atoms with Crippen LogP contribution in [0.25, 0.3) is 0 Å². The molecule has 0 heterocycles. The first-order valence-electron chi connectivity index (χ1n) is 5.56. The van der Waals surface area contributed by atoms with Crippen molar-refractivity contribution in [1.82, 2.24) is 0 Å². The van der Waals surface area contributed by atoms with Gasteiger partial charge in [-0.25, -0.2) is 0 Å². The molecule has 0 aliphatic heterocycles.